The number of esters is 1. The SMILES string of the molecule is C=C(CCCCC)OC(=O)C1CCC(CCCCC2COC(CCCCCCOc3ccc(-c4ccc(C)cc4)cc3)OC2)CC1. The Kier molecular flexibility index (Phi) is 16.2. The number of allylic oxidation sites excluding steroid dienone is 1. The predicted molar refractivity (Wildman–Crippen MR) is 188 cm³/mol. The summed E-state index contributed by atoms with van der Waals surface area (Å²) in [6, 6.07) is 17.0. The molecule has 0 unspecified atom stereocenters. The molecule has 0 amide bonds. The summed E-state index contributed by atoms with van der Waals surface area (Å²) < 4.78 is 23.6. The van der Waals surface area contributed by atoms with Gasteiger partial charge in [0.1, 0.15) is 11.5 Å². The molecule has 2 aliphatic rings. The monoisotopic (exact) mass is 632 g/mol. The van der Waals surface area contributed by atoms with Crippen LogP contribution >= 0.6 is 0 Å². The van der Waals surface area contributed by atoms with Crippen molar-refractivity contribution in [2.75, 3.05) is 19.8 Å². The number of rotatable bonds is 20. The van der Waals surface area contributed by atoms with Gasteiger partial charge in [0.2, 0.25) is 0 Å². The van der Waals surface area contributed by atoms with Gasteiger partial charge in [0, 0.05) is 12.3 Å². The Morgan fingerprint density at radius 1 is 0.739 bits per heavy atom. The number of carbonyl (C=O) groups is 1. The van der Waals surface area contributed by atoms with Crippen molar-refractivity contribution >= 4 is 5.97 Å². The summed E-state index contributed by atoms with van der Waals surface area (Å²) in [4.78, 5) is 12.5. The molecule has 0 atom stereocenters. The summed E-state index contributed by atoms with van der Waals surface area (Å²) in [5, 5.41) is 0. The Morgan fingerprint density at radius 2 is 1.35 bits per heavy atom. The fourth-order valence-corrected chi connectivity index (χ4v) is 6.76. The van der Waals surface area contributed by atoms with Crippen LogP contribution in [0, 0.1) is 24.7 Å². The van der Waals surface area contributed by atoms with Crippen molar-refractivity contribution in [3.8, 4) is 16.9 Å². The van der Waals surface area contributed by atoms with Crippen molar-refractivity contribution < 1.29 is 23.7 Å². The predicted octanol–water partition coefficient (Wildman–Crippen LogP) is 11.0. The largest absolute Gasteiger partial charge is 0.494 e. The van der Waals surface area contributed by atoms with Crippen molar-refractivity contribution in [3.05, 3.63) is 66.4 Å². The van der Waals surface area contributed by atoms with E-state index >= 15 is 0 Å². The molecule has 254 valence electrons. The first-order valence-corrected chi connectivity index (χ1v) is 18.4. The van der Waals surface area contributed by atoms with Gasteiger partial charge in [-0.05, 0) is 93.9 Å². The summed E-state index contributed by atoms with van der Waals surface area (Å²) in [5.74, 6) is 2.89. The normalized spacial score (nSPS) is 21.5. The second kappa shape index (κ2) is 20.6. The number of carbonyl (C=O) groups excluding carboxylic acids is 1. The van der Waals surface area contributed by atoms with Crippen LogP contribution in [0.5, 0.6) is 5.75 Å². The Hall–Kier alpha value is -2.63. The maximum atomic E-state index is 12.5. The minimum atomic E-state index is -0.0443. The molecule has 2 fully saturated rings. The quantitative estimate of drug-likeness (QED) is 0.0826. The first kappa shape index (κ1) is 36.2. The van der Waals surface area contributed by atoms with Crippen molar-refractivity contribution in [2.24, 2.45) is 17.8 Å². The molecule has 0 N–H and O–H groups in total. The molecular formula is C41H60O5. The average molecular weight is 633 g/mol. The van der Waals surface area contributed by atoms with E-state index in [4.69, 9.17) is 18.9 Å². The molecule has 2 aromatic rings. The van der Waals surface area contributed by atoms with Gasteiger partial charge in [-0.1, -0.05) is 100 Å². The van der Waals surface area contributed by atoms with E-state index in [-0.39, 0.29) is 18.2 Å². The van der Waals surface area contributed by atoms with E-state index in [1.807, 2.05) is 0 Å². The van der Waals surface area contributed by atoms with Crippen LogP contribution in [-0.2, 0) is 19.0 Å². The van der Waals surface area contributed by atoms with Crippen LogP contribution in [0.25, 0.3) is 11.1 Å². The average Bonchev–Trinajstić information content (AvgIpc) is 3.08. The standard InChI is InChI=1S/C41H60O5/c1-4-5-8-13-33(3)46-41(42)38-23-19-34(20-24-38)14-10-11-15-35-30-44-40(45-31-35)16-9-6-7-12-29-43-39-27-25-37(26-28-39)36-21-17-32(2)18-22-36/h17-18,21-22,25-28,34-35,38,40H,3-16,19-20,23-24,29-31H2,1-2H3. The van der Waals surface area contributed by atoms with E-state index in [0.29, 0.717) is 11.7 Å². The van der Waals surface area contributed by atoms with E-state index in [0.717, 1.165) is 102 Å². The summed E-state index contributed by atoms with van der Waals surface area (Å²) >= 11 is 0. The smallest absolute Gasteiger partial charge is 0.313 e. The first-order chi connectivity index (χ1) is 22.5. The van der Waals surface area contributed by atoms with Crippen molar-refractivity contribution in [3.63, 3.8) is 0 Å². The number of aryl methyl sites for hydroxylation is 1. The molecule has 2 aromatic carbocycles. The summed E-state index contributed by atoms with van der Waals surface area (Å²) in [5.41, 5.74) is 3.74. The zero-order chi connectivity index (χ0) is 32.4. The highest BCUT2D eigenvalue weighted by molar-refractivity contribution is 5.73. The van der Waals surface area contributed by atoms with Crippen LogP contribution in [0.15, 0.2) is 60.9 Å². The second-order valence-corrected chi connectivity index (χ2v) is 13.8. The lowest BCUT2D eigenvalue weighted by Gasteiger charge is -2.30. The van der Waals surface area contributed by atoms with Crippen LogP contribution < -0.4 is 4.74 Å². The van der Waals surface area contributed by atoms with E-state index in [1.165, 1.54) is 55.2 Å². The highest BCUT2D eigenvalue weighted by Gasteiger charge is 2.28. The molecule has 1 heterocycles. The molecule has 0 aromatic heterocycles. The lowest BCUT2D eigenvalue weighted by molar-refractivity contribution is -0.204. The van der Waals surface area contributed by atoms with Gasteiger partial charge in [-0.3, -0.25) is 4.79 Å². The minimum absolute atomic E-state index is 0.0325. The van der Waals surface area contributed by atoms with E-state index in [2.05, 4.69) is 69.0 Å². The van der Waals surface area contributed by atoms with Gasteiger partial charge < -0.3 is 18.9 Å². The highest BCUT2D eigenvalue weighted by atomic mass is 16.7. The fraction of sp³-hybridized carbons (Fsp3) is 0.634. The van der Waals surface area contributed by atoms with Crippen LogP contribution in [0.1, 0.15) is 122 Å². The van der Waals surface area contributed by atoms with E-state index in [9.17, 15) is 4.79 Å². The molecule has 5 heteroatoms. The Labute approximate surface area is 279 Å². The number of hydrogen-bond acceptors (Lipinski definition) is 5. The topological polar surface area (TPSA) is 54.0 Å². The molecule has 1 saturated carbocycles. The van der Waals surface area contributed by atoms with Gasteiger partial charge in [0.25, 0.3) is 0 Å². The molecule has 1 saturated heterocycles. The third kappa shape index (κ3) is 13.2. The Bertz CT molecular complexity index is 1120. The van der Waals surface area contributed by atoms with Crippen LogP contribution in [-0.4, -0.2) is 32.1 Å². The summed E-state index contributed by atoms with van der Waals surface area (Å²) in [6.07, 6.45) is 18.9. The minimum Gasteiger partial charge on any atom is -0.494 e. The van der Waals surface area contributed by atoms with Gasteiger partial charge in [-0.2, -0.15) is 0 Å². The van der Waals surface area contributed by atoms with Gasteiger partial charge in [-0.15, -0.1) is 0 Å². The molecule has 0 radical (unpaired) electrons. The highest BCUT2D eigenvalue weighted by Crippen LogP contribution is 2.33. The summed E-state index contributed by atoms with van der Waals surface area (Å²) in [6.45, 7) is 10.7. The maximum absolute atomic E-state index is 12.5. The van der Waals surface area contributed by atoms with Crippen LogP contribution in [0.2, 0.25) is 0 Å². The molecule has 5 nitrogen and oxygen atoms in total. The molecule has 1 aliphatic carbocycles. The van der Waals surface area contributed by atoms with Gasteiger partial charge in [0.15, 0.2) is 6.29 Å². The van der Waals surface area contributed by atoms with Crippen molar-refractivity contribution in [1.82, 2.24) is 0 Å². The van der Waals surface area contributed by atoms with Crippen LogP contribution in [0.4, 0.5) is 0 Å². The summed E-state index contributed by atoms with van der Waals surface area (Å²) in [7, 11) is 0. The third-order valence-electron chi connectivity index (χ3n) is 9.84. The number of unbranched alkanes of at least 4 members (excludes halogenated alkanes) is 6. The van der Waals surface area contributed by atoms with Crippen LogP contribution in [0.3, 0.4) is 0 Å². The molecule has 4 rings (SSSR count). The molecule has 0 spiro atoms. The number of hydrogen-bond donors (Lipinski definition) is 0. The fourth-order valence-electron chi connectivity index (χ4n) is 6.76. The molecule has 0 bridgehead atoms. The zero-order valence-corrected chi connectivity index (χ0v) is 28.8. The zero-order valence-electron chi connectivity index (χ0n) is 28.8. The lowest BCUT2D eigenvalue weighted by Crippen LogP contribution is -2.32. The van der Waals surface area contributed by atoms with E-state index in [1.54, 1.807) is 0 Å². The molecule has 46 heavy (non-hydrogen) atoms. The van der Waals surface area contributed by atoms with Gasteiger partial charge in [-0.25, -0.2) is 0 Å². The van der Waals surface area contributed by atoms with Gasteiger partial charge in [0.05, 0.1) is 25.7 Å². The van der Waals surface area contributed by atoms with Crippen molar-refractivity contribution in [1.29, 1.82) is 0 Å². The Morgan fingerprint density at radius 3 is 2.02 bits per heavy atom. The second-order valence-electron chi connectivity index (χ2n) is 13.8. The number of benzene rings is 2. The first-order valence-electron chi connectivity index (χ1n) is 18.4. The maximum Gasteiger partial charge on any atom is 0.313 e. The lowest BCUT2D eigenvalue weighted by atomic mass is 9.79. The Balaban J connectivity index is 0.946. The third-order valence-corrected chi connectivity index (χ3v) is 9.84. The van der Waals surface area contributed by atoms with E-state index < -0.39 is 0 Å². The molecule has 1 aliphatic heterocycles. The molecular weight excluding hydrogens is 572 g/mol. The van der Waals surface area contributed by atoms with Crippen molar-refractivity contribution in [2.45, 2.75) is 129 Å². The van der Waals surface area contributed by atoms with Gasteiger partial charge >= 0.3 is 5.97 Å². The number of ether oxygens (including phenoxy) is 4.